The van der Waals surface area contributed by atoms with Gasteiger partial charge in [-0.3, -0.25) is 14.6 Å². The van der Waals surface area contributed by atoms with Crippen LogP contribution in [-0.4, -0.2) is 52.4 Å². The van der Waals surface area contributed by atoms with Crippen LogP contribution in [0, 0.1) is 5.41 Å². The molecule has 0 unspecified atom stereocenters. The minimum absolute atomic E-state index is 0.0289. The summed E-state index contributed by atoms with van der Waals surface area (Å²) in [5.41, 5.74) is 0.354. The minimum Gasteiger partial charge on any atom is -0.466 e. The van der Waals surface area contributed by atoms with E-state index in [1.165, 1.54) is 4.21 Å². The second-order valence-corrected chi connectivity index (χ2v) is 10.8. The number of thiophene rings is 1. The number of thioether (sulfide) groups is 1. The largest absolute Gasteiger partial charge is 0.466 e. The Hall–Kier alpha value is -2.16. The van der Waals surface area contributed by atoms with Crippen molar-refractivity contribution in [2.75, 3.05) is 32.0 Å². The van der Waals surface area contributed by atoms with Crippen molar-refractivity contribution in [1.82, 2.24) is 14.5 Å². The number of aryl methyl sites for hydroxylation is 1. The highest BCUT2D eigenvalue weighted by Crippen LogP contribution is 2.38. The van der Waals surface area contributed by atoms with Crippen LogP contribution in [0.4, 0.5) is 0 Å². The minimum atomic E-state index is -0.458. The number of carbonyl (C=O) groups is 1. The van der Waals surface area contributed by atoms with E-state index in [4.69, 9.17) is 4.74 Å². The third-order valence-corrected chi connectivity index (χ3v) is 8.61. The van der Waals surface area contributed by atoms with E-state index in [2.05, 4.69) is 27.4 Å². The van der Waals surface area contributed by atoms with Crippen LogP contribution in [0.1, 0.15) is 32.6 Å². The monoisotopic (exact) mass is 485 g/mol. The summed E-state index contributed by atoms with van der Waals surface area (Å²) in [6.45, 7) is 5.68. The molecule has 0 bridgehead atoms. The molecule has 0 atom stereocenters. The van der Waals surface area contributed by atoms with Crippen LogP contribution in [0.5, 0.6) is 0 Å². The van der Waals surface area contributed by atoms with Gasteiger partial charge in [0.25, 0.3) is 5.56 Å². The summed E-state index contributed by atoms with van der Waals surface area (Å²) in [5.74, 6) is 0.981. The molecule has 4 rings (SSSR count). The lowest BCUT2D eigenvalue weighted by atomic mass is 9.74. The van der Waals surface area contributed by atoms with Gasteiger partial charge in [-0.05, 0) is 69.3 Å². The number of likely N-dealkylation sites (tertiary alicyclic amines) is 1. The standard InChI is InChI=1S/C25H31N3O3S2/c1-2-31-24(30)25(10-14-27(15-11-25)16-18-33-23-5-3-17-32-23)9-4-13-28-21-19-26-12-8-20(21)6-7-22(28)29/h3,5-8,12,17,19H,2,4,9-11,13-16,18H2,1H3. The van der Waals surface area contributed by atoms with Crippen LogP contribution in [-0.2, 0) is 16.1 Å². The van der Waals surface area contributed by atoms with E-state index in [9.17, 15) is 9.59 Å². The van der Waals surface area contributed by atoms with E-state index in [0.29, 0.717) is 13.2 Å². The normalized spacial score (nSPS) is 16.2. The third-order valence-electron chi connectivity index (χ3n) is 6.50. The number of fused-ring (bicyclic) bond motifs is 1. The lowest BCUT2D eigenvalue weighted by molar-refractivity contribution is -0.159. The number of rotatable bonds is 10. The number of hydrogen-bond donors (Lipinski definition) is 0. The summed E-state index contributed by atoms with van der Waals surface area (Å²) < 4.78 is 8.64. The Morgan fingerprint density at radius 1 is 1.21 bits per heavy atom. The number of pyridine rings is 2. The molecule has 0 N–H and O–H groups in total. The fraction of sp³-hybridized carbons (Fsp3) is 0.480. The Labute approximate surface area is 203 Å². The smallest absolute Gasteiger partial charge is 0.312 e. The quantitative estimate of drug-likeness (QED) is 0.307. The van der Waals surface area contributed by atoms with Gasteiger partial charge in [0.05, 0.1) is 27.9 Å². The molecule has 0 radical (unpaired) electrons. The molecule has 4 heterocycles. The Balaban J connectivity index is 1.36. The fourth-order valence-electron chi connectivity index (χ4n) is 4.61. The van der Waals surface area contributed by atoms with E-state index >= 15 is 0 Å². The molecule has 0 spiro atoms. The summed E-state index contributed by atoms with van der Waals surface area (Å²) in [7, 11) is 0. The van der Waals surface area contributed by atoms with E-state index in [0.717, 1.165) is 62.0 Å². The third kappa shape index (κ3) is 5.86. The van der Waals surface area contributed by atoms with Crippen molar-refractivity contribution in [2.24, 2.45) is 5.41 Å². The Morgan fingerprint density at radius 3 is 2.82 bits per heavy atom. The molecule has 1 fully saturated rings. The summed E-state index contributed by atoms with van der Waals surface area (Å²) in [4.78, 5) is 32.1. The molecule has 0 amide bonds. The zero-order valence-electron chi connectivity index (χ0n) is 19.1. The predicted octanol–water partition coefficient (Wildman–Crippen LogP) is 4.68. The first-order chi connectivity index (χ1) is 16.1. The van der Waals surface area contributed by atoms with Crippen molar-refractivity contribution >= 4 is 40.0 Å². The number of esters is 1. The average molecular weight is 486 g/mol. The van der Waals surface area contributed by atoms with Crippen LogP contribution >= 0.6 is 23.1 Å². The van der Waals surface area contributed by atoms with Crippen LogP contribution < -0.4 is 5.56 Å². The van der Waals surface area contributed by atoms with Crippen LogP contribution in [0.15, 0.2) is 57.1 Å². The van der Waals surface area contributed by atoms with E-state index in [1.54, 1.807) is 34.4 Å². The first-order valence-corrected chi connectivity index (χ1v) is 13.5. The number of nitrogens with zero attached hydrogens (tertiary/aromatic N) is 3. The molecule has 0 saturated carbocycles. The van der Waals surface area contributed by atoms with Crippen molar-refractivity contribution < 1.29 is 9.53 Å². The van der Waals surface area contributed by atoms with Gasteiger partial charge in [0.2, 0.25) is 0 Å². The van der Waals surface area contributed by atoms with Gasteiger partial charge in [-0.1, -0.05) is 6.07 Å². The van der Waals surface area contributed by atoms with Gasteiger partial charge in [0.1, 0.15) is 0 Å². The van der Waals surface area contributed by atoms with Crippen molar-refractivity contribution in [1.29, 1.82) is 0 Å². The van der Waals surface area contributed by atoms with Crippen molar-refractivity contribution in [3.63, 3.8) is 0 Å². The molecule has 33 heavy (non-hydrogen) atoms. The maximum Gasteiger partial charge on any atom is 0.312 e. The van der Waals surface area contributed by atoms with Gasteiger partial charge in [-0.25, -0.2) is 0 Å². The first-order valence-electron chi connectivity index (χ1n) is 11.6. The van der Waals surface area contributed by atoms with Gasteiger partial charge in [0.15, 0.2) is 0 Å². The highest BCUT2D eigenvalue weighted by molar-refractivity contribution is 8.01. The van der Waals surface area contributed by atoms with Crippen LogP contribution in [0.2, 0.25) is 0 Å². The second-order valence-electron chi connectivity index (χ2n) is 8.48. The van der Waals surface area contributed by atoms with Crippen molar-refractivity contribution in [2.45, 2.75) is 43.4 Å². The molecule has 0 aromatic carbocycles. The van der Waals surface area contributed by atoms with Gasteiger partial charge in [0, 0.05) is 36.5 Å². The molecule has 3 aromatic heterocycles. The second kappa shape index (κ2) is 11.3. The SMILES string of the molecule is CCOC(=O)C1(CCCn2c(=O)ccc3ccncc32)CCN(CCSc2cccs2)CC1. The number of aromatic nitrogens is 2. The molecule has 6 nitrogen and oxygen atoms in total. The summed E-state index contributed by atoms with van der Waals surface area (Å²) in [5, 5.41) is 3.11. The molecule has 176 valence electrons. The number of carbonyl (C=O) groups excluding carboxylic acids is 1. The van der Waals surface area contributed by atoms with Crippen LogP contribution in [0.3, 0.4) is 0 Å². The maximum absolute atomic E-state index is 13.0. The zero-order valence-corrected chi connectivity index (χ0v) is 20.7. The number of ether oxygens (including phenoxy) is 1. The predicted molar refractivity (Wildman–Crippen MR) is 135 cm³/mol. The maximum atomic E-state index is 13.0. The topological polar surface area (TPSA) is 64.4 Å². The molecule has 8 heteroatoms. The van der Waals surface area contributed by atoms with E-state index in [1.807, 2.05) is 30.8 Å². The van der Waals surface area contributed by atoms with Gasteiger partial charge >= 0.3 is 5.97 Å². The molecule has 1 saturated heterocycles. The van der Waals surface area contributed by atoms with Crippen LogP contribution in [0.25, 0.3) is 10.9 Å². The summed E-state index contributed by atoms with van der Waals surface area (Å²) >= 11 is 3.68. The zero-order chi connectivity index (χ0) is 23.1. The number of piperidine rings is 1. The lowest BCUT2D eigenvalue weighted by Crippen LogP contribution is -2.46. The molecular weight excluding hydrogens is 454 g/mol. The highest BCUT2D eigenvalue weighted by Gasteiger charge is 2.42. The average Bonchev–Trinajstić information content (AvgIpc) is 3.35. The van der Waals surface area contributed by atoms with Crippen molar-refractivity contribution in [3.05, 3.63) is 58.5 Å². The molecule has 3 aromatic rings. The summed E-state index contributed by atoms with van der Waals surface area (Å²) in [6.07, 6.45) is 6.57. The molecular formula is C25H31N3O3S2. The molecule has 0 aliphatic carbocycles. The first kappa shape index (κ1) is 24.0. The molecule has 1 aliphatic rings. The van der Waals surface area contributed by atoms with E-state index < -0.39 is 5.41 Å². The highest BCUT2D eigenvalue weighted by atomic mass is 32.2. The van der Waals surface area contributed by atoms with E-state index in [-0.39, 0.29) is 11.5 Å². The van der Waals surface area contributed by atoms with Gasteiger partial charge < -0.3 is 14.2 Å². The fourth-order valence-corrected chi connectivity index (χ4v) is 6.47. The summed E-state index contributed by atoms with van der Waals surface area (Å²) in [6, 6.07) is 9.61. The Bertz CT molecular complexity index is 1110. The van der Waals surface area contributed by atoms with Crippen molar-refractivity contribution in [3.8, 4) is 0 Å². The number of hydrogen-bond acceptors (Lipinski definition) is 7. The Kier molecular flexibility index (Phi) is 8.22. The lowest BCUT2D eigenvalue weighted by Gasteiger charge is -2.40. The molecule has 1 aliphatic heterocycles. The van der Waals surface area contributed by atoms with Gasteiger partial charge in [-0.2, -0.15) is 0 Å². The Morgan fingerprint density at radius 2 is 2.06 bits per heavy atom. The van der Waals surface area contributed by atoms with Gasteiger partial charge in [-0.15, -0.1) is 23.1 Å².